The molecule has 18 heteroatoms. The standard InChI is InChI=1S/C36F12N6/c1-52-8(6-51)10-12-13-11(9(7(4-49)5-50)17-19(13)26(39)32(45)30(43)24(17)37)14-16(15(12)20-18(10)25(38)31(44)33(46)27(20)40)23(36(53-2)54-3)22-21(14)28(41)34(47)35(48)29(22)42. The fourth-order valence-corrected chi connectivity index (χ4v) is 7.05. The zero-order valence-corrected chi connectivity index (χ0v) is 25.2. The van der Waals surface area contributed by atoms with Gasteiger partial charge in [0.2, 0.25) is 0 Å². The van der Waals surface area contributed by atoms with E-state index in [0.717, 1.165) is 0 Å². The monoisotopic (exact) mass is 744 g/mol. The van der Waals surface area contributed by atoms with Crippen molar-refractivity contribution in [3.05, 3.63) is 155 Å². The van der Waals surface area contributed by atoms with Crippen LogP contribution in [0.5, 0.6) is 0 Å². The van der Waals surface area contributed by atoms with Crippen LogP contribution in [-0.4, -0.2) is 0 Å². The highest BCUT2D eigenvalue weighted by Crippen LogP contribution is 2.67. The molecule has 0 atom stereocenters. The van der Waals surface area contributed by atoms with Crippen LogP contribution in [0.2, 0.25) is 0 Å². The highest BCUT2D eigenvalue weighted by atomic mass is 19.2. The van der Waals surface area contributed by atoms with E-state index in [0.29, 0.717) is 0 Å². The Morgan fingerprint density at radius 3 is 0.944 bits per heavy atom. The molecule has 0 unspecified atom stereocenters. The number of allylic oxidation sites excluding steroid dienone is 2. The molecule has 3 aliphatic rings. The molecule has 0 spiro atoms. The van der Waals surface area contributed by atoms with Crippen molar-refractivity contribution in [3.8, 4) is 51.6 Å². The van der Waals surface area contributed by atoms with Gasteiger partial charge < -0.3 is 0 Å². The summed E-state index contributed by atoms with van der Waals surface area (Å²) in [6.07, 6.45) is 0. The molecule has 54 heavy (non-hydrogen) atoms. The molecule has 0 radical (unpaired) electrons. The number of nitrogens with zero attached hydrogens (tertiary/aromatic N) is 6. The predicted molar refractivity (Wildman–Crippen MR) is 157 cm³/mol. The third-order valence-corrected chi connectivity index (χ3v) is 8.91. The van der Waals surface area contributed by atoms with E-state index in [1.54, 1.807) is 0 Å². The van der Waals surface area contributed by atoms with Gasteiger partial charge >= 0.3 is 5.82 Å². The first-order chi connectivity index (χ1) is 25.6. The highest BCUT2D eigenvalue weighted by Gasteiger charge is 2.52. The van der Waals surface area contributed by atoms with Gasteiger partial charge in [0, 0.05) is 66.8 Å². The van der Waals surface area contributed by atoms with Crippen LogP contribution in [0.3, 0.4) is 0 Å². The van der Waals surface area contributed by atoms with E-state index in [-0.39, 0.29) is 0 Å². The molecule has 3 aliphatic carbocycles. The van der Waals surface area contributed by atoms with E-state index in [1.807, 2.05) is 0 Å². The lowest BCUT2D eigenvalue weighted by atomic mass is 9.83. The summed E-state index contributed by atoms with van der Waals surface area (Å²) in [7, 11) is 0. The van der Waals surface area contributed by atoms with Gasteiger partial charge in [-0.3, -0.25) is 0 Å². The van der Waals surface area contributed by atoms with Gasteiger partial charge in [0.1, 0.15) is 30.9 Å². The summed E-state index contributed by atoms with van der Waals surface area (Å²) in [4.78, 5) is 8.51. The molecular formula is C36F12N6. The van der Waals surface area contributed by atoms with Crippen molar-refractivity contribution in [3.63, 3.8) is 0 Å². The van der Waals surface area contributed by atoms with Crippen molar-refractivity contribution in [2.24, 2.45) is 0 Å². The molecule has 0 aromatic heterocycles. The molecule has 0 bridgehead atoms. The van der Waals surface area contributed by atoms with E-state index in [9.17, 15) is 29.0 Å². The average molecular weight is 744 g/mol. The summed E-state index contributed by atoms with van der Waals surface area (Å²) in [6.45, 7) is 22.7. The van der Waals surface area contributed by atoms with Gasteiger partial charge in [0.15, 0.2) is 69.8 Å². The molecule has 4 aromatic rings. The molecule has 0 heterocycles. The number of nitriles is 3. The number of hydrogen-bond donors (Lipinski definition) is 0. The largest absolute Gasteiger partial charge is 0.528 e. The Morgan fingerprint density at radius 1 is 0.333 bits per heavy atom. The van der Waals surface area contributed by atoms with Crippen LogP contribution in [0.15, 0.2) is 17.1 Å². The number of rotatable bonds is 0. The maximum absolute atomic E-state index is 16.2. The molecule has 0 aliphatic heterocycles. The van der Waals surface area contributed by atoms with Gasteiger partial charge in [-0.15, -0.1) is 0 Å². The zero-order valence-electron chi connectivity index (χ0n) is 25.2. The molecule has 4 aromatic carbocycles. The molecular weight excluding hydrogens is 744 g/mol. The maximum atomic E-state index is 16.2. The van der Waals surface area contributed by atoms with Crippen molar-refractivity contribution in [1.82, 2.24) is 0 Å². The van der Waals surface area contributed by atoms with Crippen LogP contribution in [0.25, 0.3) is 64.6 Å². The van der Waals surface area contributed by atoms with Crippen molar-refractivity contribution in [1.29, 1.82) is 15.8 Å². The summed E-state index contributed by atoms with van der Waals surface area (Å²) in [6, 6.07) is 3.66. The van der Waals surface area contributed by atoms with Crippen LogP contribution < -0.4 is 0 Å². The van der Waals surface area contributed by atoms with E-state index in [2.05, 4.69) is 14.5 Å². The van der Waals surface area contributed by atoms with Crippen molar-refractivity contribution >= 4 is 16.7 Å². The van der Waals surface area contributed by atoms with Gasteiger partial charge in [0.05, 0.1) is 18.2 Å². The Kier molecular flexibility index (Phi) is 7.28. The van der Waals surface area contributed by atoms with Crippen LogP contribution >= 0.6 is 0 Å². The average Bonchev–Trinajstić information content (AvgIpc) is 3.82. The Balaban J connectivity index is 2.02. The number of fused-ring (bicyclic) bond motifs is 12. The molecule has 0 saturated carbocycles. The van der Waals surface area contributed by atoms with Gasteiger partial charge in [-0.05, 0) is 11.1 Å². The van der Waals surface area contributed by atoms with Gasteiger partial charge in [-0.25, -0.2) is 62.8 Å². The molecule has 258 valence electrons. The Hall–Kier alpha value is -7.80. The van der Waals surface area contributed by atoms with E-state index in [4.69, 9.17) is 19.7 Å². The lowest BCUT2D eigenvalue weighted by molar-refractivity contribution is 0.410. The van der Waals surface area contributed by atoms with Crippen LogP contribution in [0, 0.1) is 124 Å². The van der Waals surface area contributed by atoms with Crippen LogP contribution in [-0.2, 0) is 0 Å². The fourth-order valence-electron chi connectivity index (χ4n) is 7.05. The second-order valence-electron chi connectivity index (χ2n) is 11.1. The topological polar surface area (TPSA) is 84.4 Å². The number of hydrogen-bond acceptors (Lipinski definition) is 3. The Morgan fingerprint density at radius 2 is 0.630 bits per heavy atom. The van der Waals surface area contributed by atoms with Crippen molar-refractivity contribution in [2.45, 2.75) is 0 Å². The molecule has 7 rings (SSSR count). The second kappa shape index (κ2) is 11.4. The second-order valence-corrected chi connectivity index (χ2v) is 11.1. The third-order valence-electron chi connectivity index (χ3n) is 8.91. The lowest BCUT2D eigenvalue weighted by Gasteiger charge is -2.19. The summed E-state index contributed by atoms with van der Waals surface area (Å²) in [5.74, 6) is -31.7. The predicted octanol–water partition coefficient (Wildman–Crippen LogP) is 9.90. The Labute approximate surface area is 291 Å². The fraction of sp³-hybridized carbons (Fsp3) is 0. The maximum Gasteiger partial charge on any atom is 0.528 e. The molecule has 0 amide bonds. The smallest absolute Gasteiger partial charge is 0.226 e. The number of benzene rings is 4. The summed E-state index contributed by atoms with van der Waals surface area (Å²) in [5, 5.41) is 29.8. The van der Waals surface area contributed by atoms with Gasteiger partial charge in [-0.1, -0.05) is 0 Å². The number of halogens is 12. The van der Waals surface area contributed by atoms with E-state index >= 15 is 39.5 Å². The van der Waals surface area contributed by atoms with Gasteiger partial charge in [0.25, 0.3) is 5.70 Å². The first-order valence-corrected chi connectivity index (χ1v) is 14.0. The SMILES string of the molecule is [C-]#[N+]C(C#N)=C1c2c(F)c(F)c(F)c(F)c2-c2c1c1c(c3c2C(=C([N+]#[C-])[N+]#[C-])c2c(F)c(F)c(F)c(F)c2-3)C(=C(C#N)C#N)c2c(F)c(F)c(F)c(F)c2-1. The zero-order chi connectivity index (χ0) is 39.6. The van der Waals surface area contributed by atoms with Crippen LogP contribution in [0.1, 0.15) is 33.4 Å². The van der Waals surface area contributed by atoms with Crippen molar-refractivity contribution in [2.75, 3.05) is 0 Å². The molecule has 0 saturated heterocycles. The summed E-state index contributed by atoms with van der Waals surface area (Å²) >= 11 is 0. The first kappa shape index (κ1) is 34.6. The third kappa shape index (κ3) is 3.76. The first-order valence-electron chi connectivity index (χ1n) is 14.0. The quantitative estimate of drug-likeness (QED) is 0.0510. The summed E-state index contributed by atoms with van der Waals surface area (Å²) < 4.78 is 187. The lowest BCUT2D eigenvalue weighted by Crippen LogP contribution is -2.03. The van der Waals surface area contributed by atoms with Gasteiger partial charge in [-0.2, -0.15) is 20.2 Å². The highest BCUT2D eigenvalue weighted by molar-refractivity contribution is 6.24. The van der Waals surface area contributed by atoms with E-state index in [1.165, 1.54) is 18.2 Å². The Bertz CT molecular complexity index is 2630. The van der Waals surface area contributed by atoms with Crippen molar-refractivity contribution < 1.29 is 52.7 Å². The minimum absolute atomic E-state index is 1.22. The molecule has 0 fully saturated rings. The van der Waals surface area contributed by atoms with Crippen LogP contribution in [0.4, 0.5) is 52.7 Å². The minimum atomic E-state index is -2.64. The normalized spacial score (nSPS) is 13.2. The molecule has 0 N–H and O–H groups in total. The minimum Gasteiger partial charge on any atom is -0.226 e. The van der Waals surface area contributed by atoms with E-state index < -0.39 is 170 Å². The summed E-state index contributed by atoms with van der Waals surface area (Å²) in [5.41, 5.74) is -24.1. The molecule has 6 nitrogen and oxygen atoms in total.